The summed E-state index contributed by atoms with van der Waals surface area (Å²) in [6.45, 7) is 0. The van der Waals surface area contributed by atoms with E-state index in [1.807, 2.05) is 0 Å². The van der Waals surface area contributed by atoms with Crippen molar-refractivity contribution >= 4 is 35.1 Å². The summed E-state index contributed by atoms with van der Waals surface area (Å²) in [6.07, 6.45) is 2.72. The van der Waals surface area contributed by atoms with E-state index >= 15 is 0 Å². The minimum atomic E-state index is -1.10. The van der Waals surface area contributed by atoms with Crippen molar-refractivity contribution in [2.24, 2.45) is 0 Å². The Morgan fingerprint density at radius 1 is 1.00 bits per heavy atom. The number of ether oxygens (including phenoxy) is 2. The number of benzene rings is 1. The molecule has 2 aliphatic rings. The molecule has 21 heavy (non-hydrogen) atoms. The van der Waals surface area contributed by atoms with Gasteiger partial charge in [0.2, 0.25) is 11.7 Å². The highest BCUT2D eigenvalue weighted by molar-refractivity contribution is 6.34. The number of halogens is 2. The number of esters is 2. The van der Waals surface area contributed by atoms with Gasteiger partial charge in [-0.3, -0.25) is 0 Å². The van der Waals surface area contributed by atoms with E-state index in [2.05, 4.69) is 0 Å². The molecule has 1 spiro atoms. The smallest absolute Gasteiger partial charge is 0.353 e. The molecule has 0 amide bonds. The molecule has 112 valence electrons. The molecule has 1 aromatic carbocycles. The number of hydrogen-bond donors (Lipinski definition) is 0. The fraction of sp³-hybridized carbons (Fsp3) is 0.467. The average molecular weight is 329 g/mol. The van der Waals surface area contributed by atoms with Crippen molar-refractivity contribution in [3.8, 4) is 0 Å². The van der Waals surface area contributed by atoms with Gasteiger partial charge in [-0.1, -0.05) is 29.6 Å². The summed E-state index contributed by atoms with van der Waals surface area (Å²) in [5, 5.41) is 0.749. The van der Waals surface area contributed by atoms with Crippen LogP contribution in [0.2, 0.25) is 10.0 Å². The van der Waals surface area contributed by atoms with Crippen molar-refractivity contribution in [1.82, 2.24) is 0 Å². The highest BCUT2D eigenvalue weighted by atomic mass is 35.5. The summed E-state index contributed by atoms with van der Waals surface area (Å²) in [5.41, 5.74) is -0.662. The van der Waals surface area contributed by atoms with Crippen LogP contribution in [0.25, 0.3) is 0 Å². The van der Waals surface area contributed by atoms with Gasteiger partial charge in [0.1, 0.15) is 0 Å². The molecule has 0 radical (unpaired) electrons. The Hall–Kier alpha value is -1.26. The van der Waals surface area contributed by atoms with Crippen LogP contribution in [-0.4, -0.2) is 17.5 Å². The van der Waals surface area contributed by atoms with Gasteiger partial charge in [0, 0.05) is 15.6 Å². The normalized spacial score (nSPS) is 24.6. The second-order valence-corrected chi connectivity index (χ2v) is 6.34. The van der Waals surface area contributed by atoms with Gasteiger partial charge in [-0.2, -0.15) is 0 Å². The predicted molar refractivity (Wildman–Crippen MR) is 77.2 cm³/mol. The van der Waals surface area contributed by atoms with Crippen LogP contribution in [0.5, 0.6) is 0 Å². The fourth-order valence-electron chi connectivity index (χ4n) is 2.91. The first-order valence-corrected chi connectivity index (χ1v) is 7.66. The predicted octanol–water partition coefficient (Wildman–Crippen LogP) is 3.84. The highest BCUT2D eigenvalue weighted by Gasteiger charge is 2.51. The zero-order valence-corrected chi connectivity index (χ0v) is 12.7. The van der Waals surface area contributed by atoms with Crippen LogP contribution in [0.4, 0.5) is 0 Å². The van der Waals surface area contributed by atoms with Crippen molar-refractivity contribution in [3.63, 3.8) is 0 Å². The Morgan fingerprint density at radius 2 is 1.62 bits per heavy atom. The topological polar surface area (TPSA) is 52.6 Å². The molecule has 1 heterocycles. The van der Waals surface area contributed by atoms with Crippen LogP contribution < -0.4 is 0 Å². The van der Waals surface area contributed by atoms with E-state index in [1.165, 1.54) is 0 Å². The largest absolute Gasteiger partial charge is 0.444 e. The summed E-state index contributed by atoms with van der Waals surface area (Å²) in [5.74, 6) is -1.03. The lowest BCUT2D eigenvalue weighted by Gasteiger charge is -2.39. The summed E-state index contributed by atoms with van der Waals surface area (Å²) in [6, 6.07) is 4.64. The molecule has 0 N–H and O–H groups in total. The van der Waals surface area contributed by atoms with Gasteiger partial charge in [-0.25, -0.2) is 9.59 Å². The first kappa shape index (κ1) is 14.7. The molecule has 3 rings (SSSR count). The van der Waals surface area contributed by atoms with Gasteiger partial charge in [0.25, 0.3) is 0 Å². The number of carbonyl (C=O) groups excluding carboxylic acids is 2. The molecule has 1 saturated heterocycles. The van der Waals surface area contributed by atoms with E-state index in [0.717, 1.165) is 19.3 Å². The molecule has 0 bridgehead atoms. The SMILES string of the molecule is O=C1OC2(CCCCC2)C(=O)OC1c1cc(Cl)cc(Cl)c1. The first-order chi connectivity index (χ1) is 10.00. The van der Waals surface area contributed by atoms with Crippen molar-refractivity contribution in [3.05, 3.63) is 33.8 Å². The summed E-state index contributed by atoms with van der Waals surface area (Å²) >= 11 is 11.8. The summed E-state index contributed by atoms with van der Waals surface area (Å²) < 4.78 is 10.8. The second kappa shape index (κ2) is 5.50. The second-order valence-electron chi connectivity index (χ2n) is 5.46. The van der Waals surface area contributed by atoms with Crippen LogP contribution in [0.1, 0.15) is 43.8 Å². The molecule has 1 aliphatic heterocycles. The first-order valence-electron chi connectivity index (χ1n) is 6.90. The Kier molecular flexibility index (Phi) is 3.84. The zero-order chi connectivity index (χ0) is 15.0. The quantitative estimate of drug-likeness (QED) is 0.735. The minimum absolute atomic E-state index is 0.374. The molecule has 0 aromatic heterocycles. The van der Waals surface area contributed by atoms with Gasteiger partial charge in [-0.15, -0.1) is 0 Å². The molecule has 1 aliphatic carbocycles. The average Bonchev–Trinajstić information content (AvgIpc) is 2.43. The van der Waals surface area contributed by atoms with E-state index in [-0.39, 0.29) is 0 Å². The Bertz CT molecular complexity index is 573. The summed E-state index contributed by atoms with van der Waals surface area (Å²) in [7, 11) is 0. The Balaban J connectivity index is 1.87. The number of hydrogen-bond acceptors (Lipinski definition) is 4. The monoisotopic (exact) mass is 328 g/mol. The van der Waals surface area contributed by atoms with E-state index in [1.54, 1.807) is 18.2 Å². The Morgan fingerprint density at radius 3 is 2.24 bits per heavy atom. The molecular formula is C15H14Cl2O4. The third kappa shape index (κ3) is 2.74. The fourth-order valence-corrected chi connectivity index (χ4v) is 3.45. The van der Waals surface area contributed by atoms with Crippen LogP contribution in [0.15, 0.2) is 18.2 Å². The van der Waals surface area contributed by atoms with Crippen molar-refractivity contribution in [1.29, 1.82) is 0 Å². The van der Waals surface area contributed by atoms with Gasteiger partial charge in [0.05, 0.1) is 0 Å². The van der Waals surface area contributed by atoms with E-state index < -0.39 is 23.6 Å². The molecule has 1 aromatic rings. The van der Waals surface area contributed by atoms with Gasteiger partial charge >= 0.3 is 11.9 Å². The molecular weight excluding hydrogens is 315 g/mol. The van der Waals surface area contributed by atoms with Crippen molar-refractivity contribution in [2.45, 2.75) is 43.8 Å². The summed E-state index contributed by atoms with van der Waals surface area (Å²) in [4.78, 5) is 24.6. The third-order valence-corrected chi connectivity index (χ3v) is 4.39. The lowest BCUT2D eigenvalue weighted by atomic mass is 9.84. The van der Waals surface area contributed by atoms with Crippen molar-refractivity contribution < 1.29 is 19.1 Å². The third-order valence-electron chi connectivity index (χ3n) is 3.96. The molecule has 4 nitrogen and oxygen atoms in total. The van der Waals surface area contributed by atoms with E-state index in [0.29, 0.717) is 28.5 Å². The van der Waals surface area contributed by atoms with E-state index in [9.17, 15) is 9.59 Å². The van der Waals surface area contributed by atoms with Gasteiger partial charge < -0.3 is 9.47 Å². The number of rotatable bonds is 1. The molecule has 1 atom stereocenters. The number of carbonyl (C=O) groups is 2. The van der Waals surface area contributed by atoms with Crippen LogP contribution in [0, 0.1) is 0 Å². The van der Waals surface area contributed by atoms with Crippen molar-refractivity contribution in [2.75, 3.05) is 0 Å². The van der Waals surface area contributed by atoms with E-state index in [4.69, 9.17) is 32.7 Å². The van der Waals surface area contributed by atoms with Gasteiger partial charge in [-0.05, 0) is 43.9 Å². The van der Waals surface area contributed by atoms with Gasteiger partial charge in [0.15, 0.2) is 0 Å². The minimum Gasteiger partial charge on any atom is -0.444 e. The zero-order valence-electron chi connectivity index (χ0n) is 11.2. The molecule has 1 saturated carbocycles. The maximum Gasteiger partial charge on any atom is 0.353 e. The molecule has 6 heteroatoms. The van der Waals surface area contributed by atoms with Crippen LogP contribution in [-0.2, 0) is 19.1 Å². The highest BCUT2D eigenvalue weighted by Crippen LogP contribution is 2.40. The maximum absolute atomic E-state index is 12.3. The lowest BCUT2D eigenvalue weighted by Crippen LogP contribution is -2.52. The van der Waals surface area contributed by atoms with Crippen LogP contribution in [0.3, 0.4) is 0 Å². The molecule has 1 unspecified atom stereocenters. The lowest BCUT2D eigenvalue weighted by molar-refractivity contribution is -0.215. The maximum atomic E-state index is 12.3. The van der Waals surface area contributed by atoms with Crippen LogP contribution >= 0.6 is 23.2 Å². The standard InChI is InChI=1S/C15H14Cl2O4/c16-10-6-9(7-11(17)8-10)12-13(18)21-15(14(19)20-12)4-2-1-3-5-15/h6-8,12H,1-5H2. The Labute approximate surface area is 132 Å². The molecule has 2 fully saturated rings. The number of cyclic esters (lactones) is 1.